The van der Waals surface area contributed by atoms with E-state index in [0.717, 1.165) is 11.1 Å². The molecule has 1 saturated heterocycles. The van der Waals surface area contributed by atoms with Gasteiger partial charge in [0, 0.05) is 12.6 Å². The Hall–Kier alpha value is -0.680. The number of ether oxygens (including phenoxy) is 1. The summed E-state index contributed by atoms with van der Waals surface area (Å²) in [7, 11) is 0. The number of nitrogens with zero attached hydrogens (tertiary/aromatic N) is 3. The molecule has 0 spiro atoms. The summed E-state index contributed by atoms with van der Waals surface area (Å²) in [5.41, 5.74) is 0. The van der Waals surface area contributed by atoms with E-state index in [1.165, 1.54) is 38.7 Å². The van der Waals surface area contributed by atoms with E-state index < -0.39 is 0 Å². The molecule has 1 fully saturated rings. The second-order valence-corrected chi connectivity index (χ2v) is 4.74. The van der Waals surface area contributed by atoms with Crippen molar-refractivity contribution in [2.24, 2.45) is 0 Å². The second-order valence-electron chi connectivity index (χ2n) is 3.93. The van der Waals surface area contributed by atoms with Gasteiger partial charge in [-0.25, -0.2) is 9.97 Å². The van der Waals surface area contributed by atoms with Gasteiger partial charge < -0.3 is 4.74 Å². The molecule has 0 saturated carbocycles. The topological polar surface area (TPSA) is 38.2 Å². The van der Waals surface area contributed by atoms with Crippen molar-refractivity contribution < 1.29 is 4.74 Å². The van der Waals surface area contributed by atoms with Crippen LogP contribution in [0.15, 0.2) is 17.0 Å². The average molecular weight is 286 g/mol. The van der Waals surface area contributed by atoms with E-state index in [1.54, 1.807) is 6.07 Å². The van der Waals surface area contributed by atoms with Crippen LogP contribution in [-0.2, 0) is 0 Å². The predicted molar refractivity (Wildman–Crippen MR) is 65.5 cm³/mol. The molecule has 5 heteroatoms. The molecule has 4 nitrogen and oxygen atoms in total. The van der Waals surface area contributed by atoms with E-state index in [-0.39, 0.29) is 0 Å². The first-order valence-corrected chi connectivity index (χ1v) is 6.46. The number of aromatic nitrogens is 2. The SMILES string of the molecule is Brc1cc(OCCN2CCCCC2)ncn1. The summed E-state index contributed by atoms with van der Waals surface area (Å²) < 4.78 is 6.33. The molecule has 2 rings (SSSR count). The van der Waals surface area contributed by atoms with Gasteiger partial charge in [0.2, 0.25) is 5.88 Å². The molecule has 0 N–H and O–H groups in total. The zero-order chi connectivity index (χ0) is 11.2. The van der Waals surface area contributed by atoms with Gasteiger partial charge in [0.25, 0.3) is 0 Å². The van der Waals surface area contributed by atoms with Gasteiger partial charge in [0.15, 0.2) is 0 Å². The Morgan fingerprint density at radius 2 is 2.06 bits per heavy atom. The van der Waals surface area contributed by atoms with Crippen LogP contribution in [0, 0.1) is 0 Å². The molecule has 1 aromatic heterocycles. The lowest BCUT2D eigenvalue weighted by Gasteiger charge is -2.25. The number of rotatable bonds is 4. The molecule has 0 aliphatic carbocycles. The van der Waals surface area contributed by atoms with Crippen molar-refractivity contribution in [3.8, 4) is 5.88 Å². The van der Waals surface area contributed by atoms with Crippen molar-refractivity contribution in [2.75, 3.05) is 26.2 Å². The molecule has 1 aromatic rings. The normalized spacial score (nSPS) is 17.3. The fourth-order valence-corrected chi connectivity index (χ4v) is 2.15. The van der Waals surface area contributed by atoms with Gasteiger partial charge in [-0.2, -0.15) is 0 Å². The van der Waals surface area contributed by atoms with Crippen LogP contribution >= 0.6 is 15.9 Å². The van der Waals surface area contributed by atoms with E-state index in [0.29, 0.717) is 12.5 Å². The maximum absolute atomic E-state index is 5.57. The Balaban J connectivity index is 1.71. The van der Waals surface area contributed by atoms with Crippen LogP contribution in [0.4, 0.5) is 0 Å². The highest BCUT2D eigenvalue weighted by Crippen LogP contribution is 2.12. The molecular formula is C11H16BrN3O. The smallest absolute Gasteiger partial charge is 0.217 e. The lowest BCUT2D eigenvalue weighted by atomic mass is 10.1. The minimum Gasteiger partial charge on any atom is -0.476 e. The molecule has 2 heterocycles. The van der Waals surface area contributed by atoms with Crippen LogP contribution in [-0.4, -0.2) is 41.1 Å². The molecule has 0 radical (unpaired) electrons. The monoisotopic (exact) mass is 285 g/mol. The maximum Gasteiger partial charge on any atom is 0.217 e. The van der Waals surface area contributed by atoms with Crippen molar-refractivity contribution in [1.29, 1.82) is 0 Å². The lowest BCUT2D eigenvalue weighted by molar-refractivity contribution is 0.180. The van der Waals surface area contributed by atoms with Crippen LogP contribution in [0.5, 0.6) is 5.88 Å². The fourth-order valence-electron chi connectivity index (χ4n) is 1.86. The highest BCUT2D eigenvalue weighted by Gasteiger charge is 2.09. The number of halogens is 1. The van der Waals surface area contributed by atoms with Crippen molar-refractivity contribution in [1.82, 2.24) is 14.9 Å². The third kappa shape index (κ3) is 3.72. The van der Waals surface area contributed by atoms with Crippen molar-refractivity contribution >= 4 is 15.9 Å². The van der Waals surface area contributed by atoms with Gasteiger partial charge in [-0.05, 0) is 41.9 Å². The van der Waals surface area contributed by atoms with Crippen LogP contribution in [0.1, 0.15) is 19.3 Å². The summed E-state index contributed by atoms with van der Waals surface area (Å²) in [4.78, 5) is 10.4. The van der Waals surface area contributed by atoms with E-state index in [1.807, 2.05) is 0 Å². The Morgan fingerprint density at radius 3 is 2.81 bits per heavy atom. The molecular weight excluding hydrogens is 270 g/mol. The predicted octanol–water partition coefficient (Wildman–Crippen LogP) is 2.10. The largest absolute Gasteiger partial charge is 0.476 e. The van der Waals surface area contributed by atoms with E-state index in [4.69, 9.17) is 4.74 Å². The average Bonchev–Trinajstić information content (AvgIpc) is 2.30. The summed E-state index contributed by atoms with van der Waals surface area (Å²) in [6.45, 7) is 4.10. The summed E-state index contributed by atoms with van der Waals surface area (Å²) >= 11 is 3.29. The zero-order valence-corrected chi connectivity index (χ0v) is 10.8. The van der Waals surface area contributed by atoms with Gasteiger partial charge in [-0.15, -0.1) is 0 Å². The van der Waals surface area contributed by atoms with E-state index in [9.17, 15) is 0 Å². The molecule has 1 aliphatic heterocycles. The Labute approximate surface area is 104 Å². The van der Waals surface area contributed by atoms with Gasteiger partial charge in [0.05, 0.1) is 0 Å². The quantitative estimate of drug-likeness (QED) is 0.795. The summed E-state index contributed by atoms with van der Waals surface area (Å²) in [6, 6.07) is 1.79. The number of hydrogen-bond acceptors (Lipinski definition) is 4. The lowest BCUT2D eigenvalue weighted by Crippen LogP contribution is -2.33. The second kappa shape index (κ2) is 6.15. The Bertz CT molecular complexity index is 329. The zero-order valence-electron chi connectivity index (χ0n) is 9.23. The Kier molecular flexibility index (Phi) is 4.54. The van der Waals surface area contributed by atoms with Crippen molar-refractivity contribution in [2.45, 2.75) is 19.3 Å². The summed E-state index contributed by atoms with van der Waals surface area (Å²) in [5, 5.41) is 0. The van der Waals surface area contributed by atoms with Gasteiger partial charge in [-0.3, -0.25) is 4.90 Å². The van der Waals surface area contributed by atoms with Crippen LogP contribution in [0.25, 0.3) is 0 Å². The number of hydrogen-bond donors (Lipinski definition) is 0. The van der Waals surface area contributed by atoms with Crippen LogP contribution in [0.3, 0.4) is 0 Å². The molecule has 0 atom stereocenters. The van der Waals surface area contributed by atoms with Gasteiger partial charge in [-0.1, -0.05) is 6.42 Å². The fraction of sp³-hybridized carbons (Fsp3) is 0.636. The first-order chi connectivity index (χ1) is 7.84. The molecule has 0 amide bonds. The van der Waals surface area contributed by atoms with Crippen molar-refractivity contribution in [3.05, 3.63) is 17.0 Å². The van der Waals surface area contributed by atoms with Crippen LogP contribution < -0.4 is 4.74 Å². The molecule has 16 heavy (non-hydrogen) atoms. The maximum atomic E-state index is 5.57. The highest BCUT2D eigenvalue weighted by atomic mass is 79.9. The van der Waals surface area contributed by atoms with Gasteiger partial charge in [0.1, 0.15) is 17.5 Å². The molecule has 0 aromatic carbocycles. The molecule has 88 valence electrons. The molecule has 0 unspecified atom stereocenters. The highest BCUT2D eigenvalue weighted by molar-refractivity contribution is 9.10. The summed E-state index contributed by atoms with van der Waals surface area (Å²) in [5.74, 6) is 0.638. The van der Waals surface area contributed by atoms with Gasteiger partial charge >= 0.3 is 0 Å². The van der Waals surface area contributed by atoms with Crippen LogP contribution in [0.2, 0.25) is 0 Å². The first-order valence-electron chi connectivity index (χ1n) is 5.67. The van der Waals surface area contributed by atoms with E-state index >= 15 is 0 Å². The minimum atomic E-state index is 0.638. The summed E-state index contributed by atoms with van der Waals surface area (Å²) in [6.07, 6.45) is 5.51. The number of piperidine rings is 1. The molecule has 0 bridgehead atoms. The number of likely N-dealkylation sites (tertiary alicyclic amines) is 1. The van der Waals surface area contributed by atoms with Crippen molar-refractivity contribution in [3.63, 3.8) is 0 Å². The third-order valence-electron chi connectivity index (χ3n) is 2.71. The first kappa shape index (κ1) is 11.8. The standard InChI is InChI=1S/C11H16BrN3O/c12-10-8-11(14-9-13-10)16-7-6-15-4-2-1-3-5-15/h8-9H,1-7H2. The third-order valence-corrected chi connectivity index (χ3v) is 3.15. The molecule has 1 aliphatic rings. The minimum absolute atomic E-state index is 0.638. The Morgan fingerprint density at radius 1 is 1.25 bits per heavy atom. The van der Waals surface area contributed by atoms with E-state index in [2.05, 4.69) is 30.8 Å².